The number of para-hydroxylation sites is 3. The Labute approximate surface area is 208 Å². The summed E-state index contributed by atoms with van der Waals surface area (Å²) >= 11 is 1.39. The molecule has 2 atom stereocenters. The fraction of sp³-hybridized carbons (Fsp3) is 0.208. The molecule has 2 aliphatic rings. The summed E-state index contributed by atoms with van der Waals surface area (Å²) in [6.45, 7) is 1.67. The van der Waals surface area contributed by atoms with E-state index in [1.54, 1.807) is 55.5 Å². The summed E-state index contributed by atoms with van der Waals surface area (Å²) in [7, 11) is 0. The van der Waals surface area contributed by atoms with Crippen LogP contribution in [0.3, 0.4) is 0 Å². The van der Waals surface area contributed by atoms with Gasteiger partial charge in [0.2, 0.25) is 5.91 Å². The molecule has 0 saturated carbocycles. The number of nitrogens with zero attached hydrogens (tertiary/aromatic N) is 2. The highest BCUT2D eigenvalue weighted by Crippen LogP contribution is 2.40. The minimum Gasteiger partial charge on any atom is -0.477 e. The number of fused-ring (bicyclic) bond motifs is 2. The van der Waals surface area contributed by atoms with Gasteiger partial charge >= 0.3 is 17.7 Å². The van der Waals surface area contributed by atoms with E-state index in [1.807, 2.05) is 0 Å². The number of carbonyl (C=O) groups excluding carboxylic acids is 3. The van der Waals surface area contributed by atoms with Gasteiger partial charge in [0.15, 0.2) is 0 Å². The lowest BCUT2D eigenvalue weighted by Crippen LogP contribution is -2.70. The number of anilines is 1. The summed E-state index contributed by atoms with van der Waals surface area (Å²) in [5.41, 5.74) is 1.73. The van der Waals surface area contributed by atoms with Crippen LogP contribution in [0, 0.1) is 0 Å². The van der Waals surface area contributed by atoms with Crippen molar-refractivity contribution in [1.29, 1.82) is 0 Å². The van der Waals surface area contributed by atoms with Gasteiger partial charge in [0.05, 0.1) is 17.5 Å². The molecular weight excluding hydrogens is 486 g/mol. The lowest BCUT2D eigenvalue weighted by Gasteiger charge is -2.49. The molecule has 1 unspecified atom stereocenters. The molecule has 3 heterocycles. The molecule has 0 bridgehead atoms. The molecule has 0 spiro atoms. The van der Waals surface area contributed by atoms with E-state index < -0.39 is 40.9 Å². The Hall–Kier alpha value is -4.32. The van der Waals surface area contributed by atoms with E-state index in [4.69, 9.17) is 0 Å². The van der Waals surface area contributed by atoms with Crippen LogP contribution in [0.15, 0.2) is 64.6 Å². The minimum atomic E-state index is -1.17. The Morgan fingerprint density at radius 3 is 2.61 bits per heavy atom. The van der Waals surface area contributed by atoms with E-state index in [0.717, 1.165) is 4.57 Å². The molecule has 3 amide bonds. The predicted octanol–water partition coefficient (Wildman–Crippen LogP) is 1.71. The number of carboxylic acids is 1. The number of benzene rings is 2. The molecule has 12 heteroatoms. The van der Waals surface area contributed by atoms with E-state index in [1.165, 1.54) is 16.7 Å². The third kappa shape index (κ3) is 3.94. The van der Waals surface area contributed by atoms with Crippen molar-refractivity contribution in [2.45, 2.75) is 24.8 Å². The van der Waals surface area contributed by atoms with E-state index in [9.17, 15) is 29.1 Å². The number of carbonyl (C=O) groups is 4. The van der Waals surface area contributed by atoms with Gasteiger partial charge in [-0.3, -0.25) is 14.5 Å². The maximum Gasteiger partial charge on any atom is 0.352 e. The van der Waals surface area contributed by atoms with Gasteiger partial charge in [-0.1, -0.05) is 30.3 Å². The zero-order valence-electron chi connectivity index (χ0n) is 19.0. The molecule has 3 aromatic rings. The van der Waals surface area contributed by atoms with Gasteiger partial charge in [0.25, 0.3) is 5.91 Å². The van der Waals surface area contributed by atoms with Crippen LogP contribution >= 0.6 is 11.8 Å². The van der Waals surface area contributed by atoms with Crippen LogP contribution < -0.4 is 16.3 Å². The molecule has 2 aliphatic heterocycles. The molecule has 4 N–H and O–H groups in total. The number of imidazole rings is 1. The number of hydrogen-bond acceptors (Lipinski definition) is 6. The number of carboxylic acid groups (broad SMARTS) is 1. The Morgan fingerprint density at radius 1 is 1.11 bits per heavy atom. The fourth-order valence-corrected chi connectivity index (χ4v) is 5.69. The zero-order chi connectivity index (χ0) is 25.6. The maximum absolute atomic E-state index is 12.9. The Balaban J connectivity index is 1.29. The molecule has 1 aromatic heterocycles. The van der Waals surface area contributed by atoms with Crippen LogP contribution in [0.4, 0.5) is 10.5 Å². The van der Waals surface area contributed by atoms with E-state index in [0.29, 0.717) is 33.6 Å². The van der Waals surface area contributed by atoms with Gasteiger partial charge in [-0.15, -0.1) is 11.8 Å². The van der Waals surface area contributed by atoms with Gasteiger partial charge in [0, 0.05) is 11.4 Å². The third-order valence-corrected chi connectivity index (χ3v) is 7.50. The molecule has 1 fully saturated rings. The molecule has 5 rings (SSSR count). The number of aromatic amines is 1. The molecule has 1 saturated heterocycles. The summed E-state index contributed by atoms with van der Waals surface area (Å²) in [4.78, 5) is 66.1. The molecular formula is C24H21N5O6S. The zero-order valence-corrected chi connectivity index (χ0v) is 19.8. The maximum atomic E-state index is 12.9. The van der Waals surface area contributed by atoms with Crippen LogP contribution in [0.25, 0.3) is 11.0 Å². The van der Waals surface area contributed by atoms with E-state index in [-0.39, 0.29) is 12.1 Å². The van der Waals surface area contributed by atoms with Gasteiger partial charge in [-0.05, 0) is 36.3 Å². The van der Waals surface area contributed by atoms with Gasteiger partial charge in [-0.25, -0.2) is 19.0 Å². The standard InChI is InChI=1S/C24H21N5O6S/c1-12-11-36-21-18(20(31)29(21)19(12)22(32)33)27-17(30)10-13-6-2-3-7-14(13)25-23(34)28-16-9-5-4-8-15(16)26-24(28)35/h2-9,18,21H,10-11H2,1H3,(H,25,34)(H,26,35)(H,27,30)(H,32,33)/t18?,21-/m1/s1. The molecule has 0 aliphatic carbocycles. The highest BCUT2D eigenvalue weighted by molar-refractivity contribution is 8.00. The summed E-state index contributed by atoms with van der Waals surface area (Å²) < 4.78 is 0.976. The van der Waals surface area contributed by atoms with Gasteiger partial charge in [0.1, 0.15) is 17.1 Å². The van der Waals surface area contributed by atoms with Crippen LogP contribution in [-0.4, -0.2) is 60.5 Å². The normalized spacial score (nSPS) is 19.0. The predicted molar refractivity (Wildman–Crippen MR) is 132 cm³/mol. The summed E-state index contributed by atoms with van der Waals surface area (Å²) in [5, 5.41) is 14.3. The van der Waals surface area contributed by atoms with Crippen molar-refractivity contribution >= 4 is 52.3 Å². The Morgan fingerprint density at radius 2 is 1.83 bits per heavy atom. The number of hydrogen-bond donors (Lipinski definition) is 4. The van der Waals surface area contributed by atoms with Crippen LogP contribution in [0.2, 0.25) is 0 Å². The van der Waals surface area contributed by atoms with E-state index in [2.05, 4.69) is 15.6 Å². The molecule has 36 heavy (non-hydrogen) atoms. The molecule has 2 aromatic carbocycles. The number of aliphatic carboxylic acids is 1. The smallest absolute Gasteiger partial charge is 0.352 e. The second kappa shape index (κ2) is 9.04. The number of aromatic nitrogens is 2. The average Bonchev–Trinajstić information content (AvgIpc) is 3.19. The highest BCUT2D eigenvalue weighted by atomic mass is 32.2. The van der Waals surface area contributed by atoms with Crippen LogP contribution in [0.5, 0.6) is 0 Å². The number of thioether (sulfide) groups is 1. The third-order valence-electron chi connectivity index (χ3n) is 6.08. The van der Waals surface area contributed by atoms with Crippen molar-refractivity contribution in [3.05, 3.63) is 75.8 Å². The van der Waals surface area contributed by atoms with Crippen LogP contribution in [-0.2, 0) is 20.8 Å². The lowest BCUT2D eigenvalue weighted by atomic mass is 10.0. The lowest BCUT2D eigenvalue weighted by molar-refractivity contribution is -0.150. The minimum absolute atomic E-state index is 0.0326. The Kier molecular flexibility index (Phi) is 5.88. The molecule has 184 valence electrons. The number of rotatable bonds is 5. The van der Waals surface area contributed by atoms with Crippen molar-refractivity contribution in [2.24, 2.45) is 0 Å². The van der Waals surface area contributed by atoms with Gasteiger partial charge < -0.3 is 20.7 Å². The first-order valence-electron chi connectivity index (χ1n) is 11.0. The first kappa shape index (κ1) is 23.4. The fourth-order valence-electron chi connectivity index (χ4n) is 4.40. The largest absolute Gasteiger partial charge is 0.477 e. The first-order chi connectivity index (χ1) is 17.3. The van der Waals surface area contributed by atoms with Crippen molar-refractivity contribution in [3.63, 3.8) is 0 Å². The quantitative estimate of drug-likeness (QED) is 0.384. The van der Waals surface area contributed by atoms with Crippen molar-refractivity contribution in [1.82, 2.24) is 19.8 Å². The van der Waals surface area contributed by atoms with Crippen molar-refractivity contribution < 1.29 is 24.3 Å². The van der Waals surface area contributed by atoms with Gasteiger partial charge in [-0.2, -0.15) is 0 Å². The molecule has 11 nitrogen and oxygen atoms in total. The summed E-state index contributed by atoms with van der Waals surface area (Å²) in [5.74, 6) is -1.65. The average molecular weight is 508 g/mol. The monoisotopic (exact) mass is 507 g/mol. The highest BCUT2D eigenvalue weighted by Gasteiger charge is 2.53. The summed E-state index contributed by atoms with van der Waals surface area (Å²) in [6, 6.07) is 11.9. The first-order valence-corrected chi connectivity index (χ1v) is 12.1. The topological polar surface area (TPSA) is 154 Å². The Bertz CT molecular complexity index is 1520. The van der Waals surface area contributed by atoms with Crippen molar-refractivity contribution in [2.75, 3.05) is 11.1 Å². The van der Waals surface area contributed by atoms with E-state index >= 15 is 0 Å². The van der Waals surface area contributed by atoms with Crippen molar-refractivity contribution in [3.8, 4) is 0 Å². The number of β-lactam (4-membered cyclic amide) rings is 1. The number of amides is 3. The summed E-state index contributed by atoms with van der Waals surface area (Å²) in [6.07, 6.45) is -0.138. The second-order valence-electron chi connectivity index (χ2n) is 8.44. The second-order valence-corrected chi connectivity index (χ2v) is 9.54. The van der Waals surface area contributed by atoms with Crippen LogP contribution in [0.1, 0.15) is 12.5 Å². The number of nitrogens with one attached hydrogen (secondary N) is 3. The number of H-pyrrole nitrogens is 1. The molecule has 0 radical (unpaired) electrons. The SMILES string of the molecule is CC1=C(C(=O)O)N2C(=O)C(NC(=O)Cc3ccccc3NC(=O)n3c(=O)[nH]c4ccccc43)[C@H]2SC1.